The lowest BCUT2D eigenvalue weighted by Gasteiger charge is -2.10. The Hall–Kier alpha value is -3.13. The van der Waals surface area contributed by atoms with E-state index in [1.807, 2.05) is 13.0 Å². The third-order valence-electron chi connectivity index (χ3n) is 4.11. The Balaban J connectivity index is 1.80. The molecule has 3 heterocycles. The van der Waals surface area contributed by atoms with E-state index in [4.69, 9.17) is 11.6 Å². The van der Waals surface area contributed by atoms with Crippen molar-refractivity contribution in [2.75, 3.05) is 5.32 Å². The van der Waals surface area contributed by atoms with Gasteiger partial charge in [0.15, 0.2) is 11.5 Å². The molecular formula is C19H13ClF3N5. The highest BCUT2D eigenvalue weighted by Gasteiger charge is 2.39. The van der Waals surface area contributed by atoms with Crippen LogP contribution in [0.4, 0.5) is 24.7 Å². The van der Waals surface area contributed by atoms with Gasteiger partial charge in [0.1, 0.15) is 17.2 Å². The topological polar surface area (TPSA) is 55.1 Å². The van der Waals surface area contributed by atoms with Crippen molar-refractivity contribution in [3.05, 3.63) is 71.1 Å². The van der Waals surface area contributed by atoms with Crippen molar-refractivity contribution in [1.82, 2.24) is 19.4 Å². The van der Waals surface area contributed by atoms with Crippen molar-refractivity contribution in [2.45, 2.75) is 13.1 Å². The number of hydrogen-bond donors (Lipinski definition) is 1. The third-order valence-corrected chi connectivity index (χ3v) is 4.52. The number of aryl methyl sites for hydroxylation is 1. The normalized spacial score (nSPS) is 11.8. The van der Waals surface area contributed by atoms with E-state index in [0.717, 1.165) is 5.56 Å². The average Bonchev–Trinajstić information content (AvgIpc) is 3.05. The van der Waals surface area contributed by atoms with Crippen LogP contribution in [0.3, 0.4) is 0 Å². The summed E-state index contributed by atoms with van der Waals surface area (Å²) in [5.74, 6) is 0.248. The lowest BCUT2D eigenvalue weighted by Crippen LogP contribution is -2.09. The Bertz CT molecular complexity index is 1170. The molecule has 1 N–H and O–H groups in total. The molecule has 0 unspecified atom stereocenters. The van der Waals surface area contributed by atoms with Crippen LogP contribution in [0.2, 0.25) is 5.02 Å². The van der Waals surface area contributed by atoms with Gasteiger partial charge in [-0.1, -0.05) is 23.7 Å². The van der Waals surface area contributed by atoms with Crippen LogP contribution in [0.25, 0.3) is 17.2 Å². The maximum Gasteiger partial charge on any atom is 0.435 e. The van der Waals surface area contributed by atoms with Crippen LogP contribution in [-0.4, -0.2) is 19.4 Å². The molecule has 9 heteroatoms. The van der Waals surface area contributed by atoms with E-state index in [1.165, 1.54) is 22.9 Å². The van der Waals surface area contributed by atoms with Crippen molar-refractivity contribution in [3.8, 4) is 11.5 Å². The molecule has 0 aliphatic carbocycles. The third kappa shape index (κ3) is 3.38. The van der Waals surface area contributed by atoms with Crippen molar-refractivity contribution in [3.63, 3.8) is 0 Å². The molecule has 0 atom stereocenters. The molecule has 0 spiro atoms. The molecule has 0 aliphatic rings. The largest absolute Gasteiger partial charge is 0.435 e. The van der Waals surface area contributed by atoms with Gasteiger partial charge in [-0.2, -0.15) is 13.2 Å². The van der Waals surface area contributed by atoms with E-state index in [2.05, 4.69) is 20.3 Å². The lowest BCUT2D eigenvalue weighted by molar-refractivity contribution is -0.140. The summed E-state index contributed by atoms with van der Waals surface area (Å²) in [5.41, 5.74) is 0.491. The van der Waals surface area contributed by atoms with Crippen molar-refractivity contribution in [2.24, 2.45) is 0 Å². The molecule has 0 radical (unpaired) electrons. The Morgan fingerprint density at radius 3 is 2.64 bits per heavy atom. The average molecular weight is 404 g/mol. The zero-order valence-electron chi connectivity index (χ0n) is 14.5. The van der Waals surface area contributed by atoms with E-state index < -0.39 is 11.9 Å². The minimum atomic E-state index is -4.64. The van der Waals surface area contributed by atoms with Crippen LogP contribution in [0.15, 0.2) is 54.9 Å². The van der Waals surface area contributed by atoms with Gasteiger partial charge in [0.2, 0.25) is 0 Å². The first-order chi connectivity index (χ1) is 13.3. The molecule has 28 heavy (non-hydrogen) atoms. The van der Waals surface area contributed by atoms with Crippen LogP contribution in [0.1, 0.15) is 11.3 Å². The zero-order valence-corrected chi connectivity index (χ0v) is 15.3. The summed E-state index contributed by atoms with van der Waals surface area (Å²) in [5, 5.41) is 3.60. The maximum absolute atomic E-state index is 13.5. The smallest absolute Gasteiger partial charge is 0.340 e. The predicted octanol–water partition coefficient (Wildman–Crippen LogP) is 5.52. The van der Waals surface area contributed by atoms with Gasteiger partial charge in [0.05, 0.1) is 0 Å². The number of hydrogen-bond acceptors (Lipinski definition) is 4. The number of pyridine rings is 1. The summed E-state index contributed by atoms with van der Waals surface area (Å²) < 4.78 is 41.9. The van der Waals surface area contributed by atoms with E-state index in [0.29, 0.717) is 16.5 Å². The van der Waals surface area contributed by atoms with Crippen LogP contribution < -0.4 is 5.32 Å². The van der Waals surface area contributed by atoms with Gasteiger partial charge in [-0.3, -0.25) is 4.40 Å². The summed E-state index contributed by atoms with van der Waals surface area (Å²) >= 11 is 6.12. The molecule has 1 aromatic carbocycles. The number of imidazole rings is 1. The van der Waals surface area contributed by atoms with Gasteiger partial charge >= 0.3 is 6.18 Å². The van der Waals surface area contributed by atoms with Gasteiger partial charge in [0, 0.05) is 23.1 Å². The minimum absolute atomic E-state index is 0.0887. The van der Waals surface area contributed by atoms with E-state index >= 15 is 0 Å². The number of benzene rings is 1. The standard InChI is InChI=1S/C19H13ClF3N5/c1-11-5-6-12(10-13(11)20)25-14-7-8-24-18(26-14)16-17(19(21,22)23)27-15-4-2-3-9-28(15)16/h2-10H,1H3,(H,24,25,26). The molecule has 4 aromatic rings. The Labute approximate surface area is 162 Å². The SMILES string of the molecule is Cc1ccc(Nc2ccnc(-c3c(C(F)(F)F)nc4ccccn34)n2)cc1Cl. The van der Waals surface area contributed by atoms with Crippen LogP contribution in [0, 0.1) is 6.92 Å². The molecule has 5 nitrogen and oxygen atoms in total. The fraction of sp³-hybridized carbons (Fsp3) is 0.105. The highest BCUT2D eigenvalue weighted by atomic mass is 35.5. The quantitative estimate of drug-likeness (QED) is 0.489. The Kier molecular flexibility index (Phi) is 4.43. The van der Waals surface area contributed by atoms with Crippen LogP contribution >= 0.6 is 11.6 Å². The first-order valence-corrected chi connectivity index (χ1v) is 8.61. The van der Waals surface area contributed by atoms with Gasteiger partial charge in [0.25, 0.3) is 0 Å². The van der Waals surface area contributed by atoms with Gasteiger partial charge in [-0.05, 0) is 42.8 Å². The van der Waals surface area contributed by atoms with Gasteiger partial charge in [-0.15, -0.1) is 0 Å². The highest BCUT2D eigenvalue weighted by molar-refractivity contribution is 6.31. The Morgan fingerprint density at radius 1 is 1.07 bits per heavy atom. The maximum atomic E-state index is 13.5. The molecule has 0 bridgehead atoms. The van der Waals surface area contributed by atoms with Crippen molar-refractivity contribution in [1.29, 1.82) is 0 Å². The number of aromatic nitrogens is 4. The molecule has 3 aromatic heterocycles. The number of nitrogens with one attached hydrogen (secondary N) is 1. The summed E-state index contributed by atoms with van der Waals surface area (Å²) in [6.07, 6.45) is -1.75. The summed E-state index contributed by atoms with van der Waals surface area (Å²) in [7, 11) is 0. The molecule has 4 rings (SSSR count). The van der Waals surface area contributed by atoms with Crippen LogP contribution in [-0.2, 0) is 6.18 Å². The fourth-order valence-corrected chi connectivity index (χ4v) is 2.95. The summed E-state index contributed by atoms with van der Waals surface area (Å²) in [4.78, 5) is 12.0. The number of halogens is 4. The number of nitrogens with zero attached hydrogens (tertiary/aromatic N) is 4. The first kappa shape index (κ1) is 18.2. The van der Waals surface area contributed by atoms with E-state index in [1.54, 1.807) is 30.3 Å². The second-order valence-corrected chi connectivity index (χ2v) is 6.50. The van der Waals surface area contributed by atoms with E-state index in [-0.39, 0.29) is 17.2 Å². The summed E-state index contributed by atoms with van der Waals surface area (Å²) in [6.45, 7) is 1.87. The zero-order chi connectivity index (χ0) is 19.9. The molecule has 0 fully saturated rings. The number of fused-ring (bicyclic) bond motifs is 1. The predicted molar refractivity (Wildman–Crippen MR) is 101 cm³/mol. The number of alkyl halides is 3. The highest BCUT2D eigenvalue weighted by Crippen LogP contribution is 2.36. The Morgan fingerprint density at radius 2 is 1.89 bits per heavy atom. The lowest BCUT2D eigenvalue weighted by atomic mass is 10.2. The molecule has 142 valence electrons. The number of anilines is 2. The fourth-order valence-electron chi connectivity index (χ4n) is 2.77. The second-order valence-electron chi connectivity index (χ2n) is 6.09. The molecular weight excluding hydrogens is 391 g/mol. The van der Waals surface area contributed by atoms with Gasteiger partial charge in [-0.25, -0.2) is 15.0 Å². The van der Waals surface area contributed by atoms with Crippen molar-refractivity contribution >= 4 is 28.8 Å². The molecule has 0 amide bonds. The van der Waals surface area contributed by atoms with Gasteiger partial charge < -0.3 is 5.32 Å². The van der Waals surface area contributed by atoms with Crippen LogP contribution in [0.5, 0.6) is 0 Å². The number of rotatable bonds is 3. The molecule has 0 saturated heterocycles. The second kappa shape index (κ2) is 6.79. The monoisotopic (exact) mass is 403 g/mol. The minimum Gasteiger partial charge on any atom is -0.340 e. The molecule has 0 saturated carbocycles. The first-order valence-electron chi connectivity index (χ1n) is 8.24. The van der Waals surface area contributed by atoms with E-state index in [9.17, 15) is 13.2 Å². The summed E-state index contributed by atoms with van der Waals surface area (Å²) in [6, 6.07) is 11.6. The van der Waals surface area contributed by atoms with Crippen molar-refractivity contribution < 1.29 is 13.2 Å². The molecule has 0 aliphatic heterocycles.